The number of amides is 1. The summed E-state index contributed by atoms with van der Waals surface area (Å²) >= 11 is 1.49. The second-order valence-electron chi connectivity index (χ2n) is 3.27. The van der Waals surface area contributed by atoms with E-state index in [2.05, 4.69) is 0 Å². The number of nitrogens with zero attached hydrogens (tertiary/aromatic N) is 1. The van der Waals surface area contributed by atoms with E-state index in [1.165, 1.54) is 30.2 Å². The summed E-state index contributed by atoms with van der Waals surface area (Å²) in [5.41, 5.74) is 0. The molecule has 1 rings (SSSR count). The van der Waals surface area contributed by atoms with Crippen molar-refractivity contribution in [3.63, 3.8) is 0 Å². The summed E-state index contributed by atoms with van der Waals surface area (Å²) in [6.45, 7) is 1.49. The Hall–Kier alpha value is -1.36. The van der Waals surface area contributed by atoms with Crippen LogP contribution in [-0.2, 0) is 16.0 Å². The molecule has 1 unspecified atom stereocenters. The third-order valence-corrected chi connectivity index (χ3v) is 3.11. The normalized spacial score (nSPS) is 12.1. The third-order valence-electron chi connectivity index (χ3n) is 2.24. The highest BCUT2D eigenvalue weighted by Gasteiger charge is 2.21. The molecular weight excluding hydrogens is 214 g/mol. The van der Waals surface area contributed by atoms with E-state index >= 15 is 0 Å². The molecule has 5 heteroatoms. The average Bonchev–Trinajstić information content (AvgIpc) is 2.67. The Kier molecular flexibility index (Phi) is 3.85. The number of carboxylic acids is 1. The van der Waals surface area contributed by atoms with Crippen LogP contribution in [0.15, 0.2) is 17.5 Å². The standard InChI is InChI=1S/C10H13NO3S/c1-7(10(13)14)11(2)9(12)6-8-4-3-5-15-8/h3-5,7H,6H2,1-2H3,(H,13,14). The molecule has 0 spiro atoms. The molecular formula is C10H13NO3S. The van der Waals surface area contributed by atoms with Crippen molar-refractivity contribution in [3.8, 4) is 0 Å². The van der Waals surface area contributed by atoms with Gasteiger partial charge in [-0.05, 0) is 18.4 Å². The molecule has 4 nitrogen and oxygen atoms in total. The van der Waals surface area contributed by atoms with Crippen LogP contribution in [0, 0.1) is 0 Å². The van der Waals surface area contributed by atoms with Crippen LogP contribution in [0.2, 0.25) is 0 Å². The van der Waals surface area contributed by atoms with Crippen LogP contribution in [-0.4, -0.2) is 35.0 Å². The third kappa shape index (κ3) is 3.06. The number of likely N-dealkylation sites (N-methyl/N-ethyl adjacent to an activating group) is 1. The van der Waals surface area contributed by atoms with Crippen LogP contribution < -0.4 is 0 Å². The fourth-order valence-corrected chi connectivity index (χ4v) is 1.76. The van der Waals surface area contributed by atoms with Crippen LogP contribution in [0.25, 0.3) is 0 Å². The number of carboxylic acid groups (broad SMARTS) is 1. The zero-order chi connectivity index (χ0) is 11.4. The summed E-state index contributed by atoms with van der Waals surface area (Å²) in [4.78, 5) is 24.5. The molecule has 1 N–H and O–H groups in total. The minimum atomic E-state index is -0.989. The Labute approximate surface area is 92.1 Å². The highest BCUT2D eigenvalue weighted by Crippen LogP contribution is 2.11. The van der Waals surface area contributed by atoms with E-state index in [4.69, 9.17) is 5.11 Å². The SMILES string of the molecule is CC(C(=O)O)N(C)C(=O)Cc1cccs1. The molecule has 1 heterocycles. The fraction of sp³-hybridized carbons (Fsp3) is 0.400. The molecule has 0 saturated heterocycles. The van der Waals surface area contributed by atoms with Crippen molar-refractivity contribution in [1.29, 1.82) is 0 Å². The van der Waals surface area contributed by atoms with Crippen LogP contribution >= 0.6 is 11.3 Å². The Bertz CT molecular complexity index is 348. The number of hydrogen-bond acceptors (Lipinski definition) is 3. The van der Waals surface area contributed by atoms with Gasteiger partial charge in [0.25, 0.3) is 0 Å². The second kappa shape index (κ2) is 4.93. The summed E-state index contributed by atoms with van der Waals surface area (Å²) in [5, 5.41) is 10.6. The number of carbonyl (C=O) groups is 2. The van der Waals surface area contributed by atoms with Gasteiger partial charge >= 0.3 is 5.97 Å². The van der Waals surface area contributed by atoms with E-state index < -0.39 is 12.0 Å². The molecule has 1 aromatic heterocycles. The lowest BCUT2D eigenvalue weighted by molar-refractivity contribution is -0.147. The van der Waals surface area contributed by atoms with Gasteiger partial charge in [0.05, 0.1) is 6.42 Å². The van der Waals surface area contributed by atoms with E-state index in [9.17, 15) is 9.59 Å². The van der Waals surface area contributed by atoms with Gasteiger partial charge in [0.1, 0.15) is 6.04 Å². The molecule has 1 amide bonds. The van der Waals surface area contributed by atoms with Gasteiger partial charge in [-0.15, -0.1) is 11.3 Å². The summed E-state index contributed by atoms with van der Waals surface area (Å²) in [7, 11) is 1.51. The maximum atomic E-state index is 11.6. The van der Waals surface area contributed by atoms with E-state index in [0.29, 0.717) is 0 Å². The molecule has 0 aliphatic carbocycles. The van der Waals surface area contributed by atoms with E-state index in [1.807, 2.05) is 17.5 Å². The Balaban J connectivity index is 2.57. The summed E-state index contributed by atoms with van der Waals surface area (Å²) in [6, 6.07) is 2.95. The molecule has 0 aliphatic rings. The largest absolute Gasteiger partial charge is 0.480 e. The van der Waals surface area contributed by atoms with Crippen LogP contribution in [0.5, 0.6) is 0 Å². The molecule has 1 atom stereocenters. The summed E-state index contributed by atoms with van der Waals surface area (Å²) in [6.07, 6.45) is 0.270. The van der Waals surface area contributed by atoms with Crippen molar-refractivity contribution < 1.29 is 14.7 Å². The van der Waals surface area contributed by atoms with E-state index in [0.717, 1.165) is 4.88 Å². The first-order chi connectivity index (χ1) is 7.02. The number of thiophene rings is 1. The van der Waals surface area contributed by atoms with Gasteiger partial charge in [0, 0.05) is 11.9 Å². The van der Waals surface area contributed by atoms with Gasteiger partial charge in [0.15, 0.2) is 0 Å². The predicted molar refractivity (Wildman–Crippen MR) is 57.9 cm³/mol. The topological polar surface area (TPSA) is 57.6 Å². The maximum Gasteiger partial charge on any atom is 0.326 e. The van der Waals surface area contributed by atoms with Gasteiger partial charge in [-0.3, -0.25) is 4.79 Å². The van der Waals surface area contributed by atoms with Gasteiger partial charge < -0.3 is 10.0 Å². The highest BCUT2D eigenvalue weighted by atomic mass is 32.1. The predicted octanol–water partition coefficient (Wildman–Crippen LogP) is 1.22. The Morgan fingerprint density at radius 1 is 1.60 bits per heavy atom. The van der Waals surface area contributed by atoms with Gasteiger partial charge in [-0.2, -0.15) is 0 Å². The highest BCUT2D eigenvalue weighted by molar-refractivity contribution is 7.10. The Morgan fingerprint density at radius 2 is 2.27 bits per heavy atom. The number of hydrogen-bond donors (Lipinski definition) is 1. The van der Waals surface area contributed by atoms with Crippen molar-refractivity contribution >= 4 is 23.2 Å². The molecule has 0 radical (unpaired) electrons. The summed E-state index contributed by atoms with van der Waals surface area (Å²) < 4.78 is 0. The first kappa shape index (κ1) is 11.7. The lowest BCUT2D eigenvalue weighted by Gasteiger charge is -2.21. The molecule has 0 saturated carbocycles. The van der Waals surface area contributed by atoms with Gasteiger partial charge in [-0.25, -0.2) is 4.79 Å². The molecule has 15 heavy (non-hydrogen) atoms. The Morgan fingerprint density at radius 3 is 2.73 bits per heavy atom. The van der Waals surface area contributed by atoms with Crippen molar-refractivity contribution in [2.75, 3.05) is 7.05 Å². The smallest absolute Gasteiger partial charge is 0.326 e. The first-order valence-electron chi connectivity index (χ1n) is 4.53. The summed E-state index contributed by atoms with van der Waals surface area (Å²) in [5.74, 6) is -1.16. The molecule has 0 fully saturated rings. The van der Waals surface area contributed by atoms with Crippen LogP contribution in [0.3, 0.4) is 0 Å². The second-order valence-corrected chi connectivity index (χ2v) is 4.31. The molecule has 82 valence electrons. The lowest BCUT2D eigenvalue weighted by Crippen LogP contribution is -2.40. The quantitative estimate of drug-likeness (QED) is 0.841. The number of aliphatic carboxylic acids is 1. The van der Waals surface area contributed by atoms with E-state index in [-0.39, 0.29) is 12.3 Å². The van der Waals surface area contributed by atoms with Crippen molar-refractivity contribution in [3.05, 3.63) is 22.4 Å². The van der Waals surface area contributed by atoms with Crippen LogP contribution in [0.4, 0.5) is 0 Å². The minimum Gasteiger partial charge on any atom is -0.480 e. The van der Waals surface area contributed by atoms with Crippen molar-refractivity contribution in [2.45, 2.75) is 19.4 Å². The fourth-order valence-electron chi connectivity index (χ4n) is 1.07. The first-order valence-corrected chi connectivity index (χ1v) is 5.41. The maximum absolute atomic E-state index is 11.6. The molecule has 0 aliphatic heterocycles. The average molecular weight is 227 g/mol. The van der Waals surface area contributed by atoms with E-state index in [1.54, 1.807) is 0 Å². The molecule has 1 aromatic rings. The zero-order valence-electron chi connectivity index (χ0n) is 8.64. The lowest BCUT2D eigenvalue weighted by atomic mass is 10.2. The minimum absolute atomic E-state index is 0.174. The molecule has 0 bridgehead atoms. The van der Waals surface area contributed by atoms with Crippen LogP contribution in [0.1, 0.15) is 11.8 Å². The molecule has 0 aromatic carbocycles. The monoisotopic (exact) mass is 227 g/mol. The number of carbonyl (C=O) groups excluding carboxylic acids is 1. The van der Waals surface area contributed by atoms with Crippen molar-refractivity contribution in [2.24, 2.45) is 0 Å². The number of rotatable bonds is 4. The zero-order valence-corrected chi connectivity index (χ0v) is 9.45. The van der Waals surface area contributed by atoms with Gasteiger partial charge in [-0.1, -0.05) is 6.07 Å². The van der Waals surface area contributed by atoms with Gasteiger partial charge in [0.2, 0.25) is 5.91 Å². The van der Waals surface area contributed by atoms with Crippen molar-refractivity contribution in [1.82, 2.24) is 4.90 Å².